The molecule has 1 aliphatic heterocycles. The van der Waals surface area contributed by atoms with Crippen LogP contribution >= 0.6 is 11.3 Å². The van der Waals surface area contributed by atoms with Crippen molar-refractivity contribution in [3.05, 3.63) is 57.3 Å². The fourth-order valence-electron chi connectivity index (χ4n) is 3.21. The lowest BCUT2D eigenvalue weighted by molar-refractivity contribution is -0.131. The molecule has 0 unspecified atom stereocenters. The van der Waals surface area contributed by atoms with E-state index >= 15 is 0 Å². The normalized spacial score (nSPS) is 14.8. The lowest BCUT2D eigenvalue weighted by Crippen LogP contribution is -2.45. The monoisotopic (exact) mass is 406 g/mol. The maximum Gasteiger partial charge on any atom is 0.261 e. The van der Waals surface area contributed by atoms with Gasteiger partial charge in [0, 0.05) is 23.9 Å². The Hall–Kier alpha value is -2.61. The van der Waals surface area contributed by atoms with Gasteiger partial charge in [-0.05, 0) is 50.1 Å². The quantitative estimate of drug-likeness (QED) is 0.776. The number of aryl methyl sites for hydroxylation is 1. The smallest absolute Gasteiger partial charge is 0.261 e. The second-order valence-electron chi connectivity index (χ2n) is 6.74. The highest BCUT2D eigenvalue weighted by atomic mass is 32.1. The molecular formula is C20H20F2N2O3S. The van der Waals surface area contributed by atoms with Gasteiger partial charge in [-0.2, -0.15) is 0 Å². The summed E-state index contributed by atoms with van der Waals surface area (Å²) in [6, 6.07) is 6.38. The van der Waals surface area contributed by atoms with Crippen molar-refractivity contribution in [1.29, 1.82) is 0 Å². The summed E-state index contributed by atoms with van der Waals surface area (Å²) >= 11 is 1.35. The molecule has 0 aliphatic carbocycles. The molecule has 1 fully saturated rings. The van der Waals surface area contributed by atoms with Crippen molar-refractivity contribution in [2.75, 3.05) is 19.6 Å². The number of Topliss-reactive ketones (excluding diaryl/α,β-unsaturated/α-hetero) is 1. The van der Waals surface area contributed by atoms with Crippen LogP contribution in [0.15, 0.2) is 30.3 Å². The zero-order valence-corrected chi connectivity index (χ0v) is 16.2. The van der Waals surface area contributed by atoms with Crippen LogP contribution in [0.5, 0.6) is 0 Å². The Balaban J connectivity index is 1.50. The first kappa shape index (κ1) is 20.1. The molecule has 5 nitrogen and oxygen atoms in total. The lowest BCUT2D eigenvalue weighted by atomic mass is 9.88. The maximum absolute atomic E-state index is 13.8. The summed E-state index contributed by atoms with van der Waals surface area (Å²) in [5.41, 5.74) is -0.247. The van der Waals surface area contributed by atoms with Gasteiger partial charge >= 0.3 is 0 Å². The predicted octanol–water partition coefficient (Wildman–Crippen LogP) is 3.19. The Bertz CT molecular complexity index is 905. The minimum Gasteiger partial charge on any atom is -0.342 e. The van der Waals surface area contributed by atoms with Crippen LogP contribution in [0, 0.1) is 24.5 Å². The van der Waals surface area contributed by atoms with E-state index in [2.05, 4.69) is 5.32 Å². The number of hydrogen-bond acceptors (Lipinski definition) is 4. The van der Waals surface area contributed by atoms with Crippen molar-refractivity contribution in [2.24, 2.45) is 5.92 Å². The van der Waals surface area contributed by atoms with Gasteiger partial charge in [0.2, 0.25) is 5.91 Å². The fourth-order valence-corrected chi connectivity index (χ4v) is 3.99. The van der Waals surface area contributed by atoms with Crippen LogP contribution in [0.1, 0.15) is 37.7 Å². The maximum atomic E-state index is 13.8. The molecule has 1 N–H and O–H groups in total. The van der Waals surface area contributed by atoms with E-state index in [4.69, 9.17) is 0 Å². The molecule has 28 heavy (non-hydrogen) atoms. The zero-order valence-electron chi connectivity index (χ0n) is 15.3. The highest BCUT2D eigenvalue weighted by Gasteiger charge is 2.29. The van der Waals surface area contributed by atoms with Crippen molar-refractivity contribution in [3.63, 3.8) is 0 Å². The Morgan fingerprint density at radius 1 is 1.14 bits per heavy atom. The van der Waals surface area contributed by atoms with Crippen molar-refractivity contribution >= 4 is 28.9 Å². The van der Waals surface area contributed by atoms with Crippen molar-refractivity contribution in [1.82, 2.24) is 10.2 Å². The Labute approximate surface area is 165 Å². The van der Waals surface area contributed by atoms with Gasteiger partial charge in [0.25, 0.3) is 5.91 Å². The van der Waals surface area contributed by atoms with Gasteiger partial charge in [0.15, 0.2) is 5.78 Å². The SMILES string of the molecule is Cc1ccc(C(=O)NCC(=O)N2CCC(C(=O)c3cc(F)ccc3F)CC2)s1. The van der Waals surface area contributed by atoms with Crippen LogP contribution in [0.4, 0.5) is 8.78 Å². The molecule has 2 amide bonds. The van der Waals surface area contributed by atoms with E-state index in [-0.39, 0.29) is 23.9 Å². The molecule has 0 atom stereocenters. The van der Waals surface area contributed by atoms with E-state index in [0.717, 1.165) is 23.1 Å². The number of thiophene rings is 1. The third-order valence-corrected chi connectivity index (χ3v) is 5.78. The zero-order chi connectivity index (χ0) is 20.3. The average Bonchev–Trinajstić information content (AvgIpc) is 3.13. The Kier molecular flexibility index (Phi) is 6.18. The Morgan fingerprint density at radius 2 is 1.86 bits per heavy atom. The number of nitrogens with one attached hydrogen (secondary N) is 1. The number of hydrogen-bond donors (Lipinski definition) is 1. The molecule has 2 heterocycles. The van der Waals surface area contributed by atoms with Crippen molar-refractivity contribution in [2.45, 2.75) is 19.8 Å². The van der Waals surface area contributed by atoms with E-state index in [9.17, 15) is 23.2 Å². The molecule has 0 saturated carbocycles. The number of amides is 2. The highest BCUT2D eigenvalue weighted by molar-refractivity contribution is 7.13. The number of ketones is 1. The molecule has 1 saturated heterocycles. The molecule has 1 aromatic carbocycles. The number of piperidine rings is 1. The number of nitrogens with zero attached hydrogens (tertiary/aromatic N) is 1. The van der Waals surface area contributed by atoms with Gasteiger partial charge in [-0.25, -0.2) is 8.78 Å². The van der Waals surface area contributed by atoms with Crippen LogP contribution in [-0.4, -0.2) is 42.1 Å². The number of carbonyl (C=O) groups excluding carboxylic acids is 3. The minimum atomic E-state index is -0.739. The number of rotatable bonds is 5. The van der Waals surface area contributed by atoms with Crippen molar-refractivity contribution < 1.29 is 23.2 Å². The molecule has 1 aromatic heterocycles. The van der Waals surface area contributed by atoms with Gasteiger partial charge in [-0.15, -0.1) is 11.3 Å². The third kappa shape index (κ3) is 4.62. The van der Waals surface area contributed by atoms with Crippen molar-refractivity contribution in [3.8, 4) is 0 Å². The molecule has 0 bridgehead atoms. The second-order valence-corrected chi connectivity index (χ2v) is 8.02. The molecule has 148 valence electrons. The topological polar surface area (TPSA) is 66.5 Å². The Morgan fingerprint density at radius 3 is 2.50 bits per heavy atom. The number of benzene rings is 1. The highest BCUT2D eigenvalue weighted by Crippen LogP contribution is 2.24. The predicted molar refractivity (Wildman–Crippen MR) is 101 cm³/mol. The van der Waals surface area contributed by atoms with Gasteiger partial charge in [0.1, 0.15) is 11.6 Å². The van der Waals surface area contributed by atoms with E-state index in [0.29, 0.717) is 30.8 Å². The summed E-state index contributed by atoms with van der Waals surface area (Å²) in [6.07, 6.45) is 0.747. The van der Waals surface area contributed by atoms with Crippen LogP contribution in [-0.2, 0) is 4.79 Å². The van der Waals surface area contributed by atoms with Gasteiger partial charge in [-0.3, -0.25) is 14.4 Å². The molecule has 1 aliphatic rings. The van der Waals surface area contributed by atoms with Crippen LogP contribution < -0.4 is 5.32 Å². The third-order valence-electron chi connectivity index (χ3n) is 4.78. The molecule has 0 radical (unpaired) electrons. The number of halogens is 2. The lowest BCUT2D eigenvalue weighted by Gasteiger charge is -2.31. The van der Waals surface area contributed by atoms with Crippen LogP contribution in [0.2, 0.25) is 0 Å². The first-order valence-electron chi connectivity index (χ1n) is 8.97. The number of likely N-dealkylation sites (tertiary alicyclic amines) is 1. The summed E-state index contributed by atoms with van der Waals surface area (Å²) in [4.78, 5) is 39.9. The van der Waals surface area contributed by atoms with Gasteiger partial charge in [-0.1, -0.05) is 0 Å². The summed E-state index contributed by atoms with van der Waals surface area (Å²) in [6.45, 7) is 2.45. The van der Waals surface area contributed by atoms with Gasteiger partial charge < -0.3 is 10.2 Å². The largest absolute Gasteiger partial charge is 0.342 e. The second kappa shape index (κ2) is 8.60. The van der Waals surface area contributed by atoms with Gasteiger partial charge in [0.05, 0.1) is 17.0 Å². The average molecular weight is 406 g/mol. The summed E-state index contributed by atoms with van der Waals surface area (Å²) in [7, 11) is 0. The first-order valence-corrected chi connectivity index (χ1v) is 9.78. The summed E-state index contributed by atoms with van der Waals surface area (Å²) in [5.74, 6) is -2.82. The first-order chi connectivity index (χ1) is 13.3. The molecule has 8 heteroatoms. The van der Waals surface area contributed by atoms with E-state index in [1.165, 1.54) is 11.3 Å². The minimum absolute atomic E-state index is 0.118. The van der Waals surface area contributed by atoms with E-state index in [1.807, 2.05) is 13.0 Å². The summed E-state index contributed by atoms with van der Waals surface area (Å²) in [5, 5.41) is 2.60. The van der Waals surface area contributed by atoms with Crippen LogP contribution in [0.3, 0.4) is 0 Å². The van der Waals surface area contributed by atoms with E-state index in [1.54, 1.807) is 11.0 Å². The van der Waals surface area contributed by atoms with Crippen LogP contribution in [0.25, 0.3) is 0 Å². The number of carbonyl (C=O) groups is 3. The molecule has 2 aromatic rings. The fraction of sp³-hybridized carbons (Fsp3) is 0.350. The van der Waals surface area contributed by atoms with E-state index < -0.39 is 23.3 Å². The standard InChI is InChI=1S/C20H20F2N2O3S/c1-12-2-5-17(28-12)20(27)23-11-18(25)24-8-6-13(7-9-24)19(26)15-10-14(21)3-4-16(15)22/h2-5,10,13H,6-9,11H2,1H3,(H,23,27). The molecule has 3 rings (SSSR count). The molecule has 0 spiro atoms. The molecular weight excluding hydrogens is 386 g/mol. The summed E-state index contributed by atoms with van der Waals surface area (Å²) < 4.78 is 27.1.